The Bertz CT molecular complexity index is 858. The van der Waals surface area contributed by atoms with Gasteiger partial charge in [-0.05, 0) is 30.4 Å². The Morgan fingerprint density at radius 2 is 1.92 bits per heavy atom. The Morgan fingerprint density at radius 1 is 1.16 bits per heavy atom. The average Bonchev–Trinajstić information content (AvgIpc) is 2.83. The highest BCUT2D eigenvalue weighted by Gasteiger charge is 2.33. The van der Waals surface area contributed by atoms with Gasteiger partial charge in [-0.15, -0.1) is 11.8 Å². The van der Waals surface area contributed by atoms with E-state index in [-0.39, 0.29) is 29.1 Å². The van der Waals surface area contributed by atoms with Crippen LogP contribution in [-0.4, -0.2) is 32.9 Å². The van der Waals surface area contributed by atoms with Crippen molar-refractivity contribution in [1.29, 1.82) is 0 Å². The molecule has 0 spiro atoms. The van der Waals surface area contributed by atoms with Crippen LogP contribution in [-0.2, 0) is 4.79 Å². The van der Waals surface area contributed by atoms with Crippen molar-refractivity contribution in [2.24, 2.45) is 0 Å². The zero-order valence-electron chi connectivity index (χ0n) is 13.5. The van der Waals surface area contributed by atoms with Crippen molar-refractivity contribution in [1.82, 2.24) is 9.78 Å². The monoisotopic (exact) mass is 379 g/mol. The van der Waals surface area contributed by atoms with Gasteiger partial charge in [0, 0.05) is 5.56 Å². The number of rotatable bonds is 2. The molecule has 5 nitrogen and oxygen atoms in total. The SMILES string of the molecule is O=C1CSC(c2ccccc2F)c2c(n(C3CCSCC3)[nH]c2=O)N1. The second-order valence-electron chi connectivity index (χ2n) is 6.18. The molecule has 132 valence electrons. The van der Waals surface area contributed by atoms with Crippen LogP contribution in [0.15, 0.2) is 29.1 Å². The van der Waals surface area contributed by atoms with Gasteiger partial charge in [0.15, 0.2) is 0 Å². The van der Waals surface area contributed by atoms with E-state index >= 15 is 0 Å². The molecular weight excluding hydrogens is 361 g/mol. The second-order valence-corrected chi connectivity index (χ2v) is 8.50. The number of anilines is 1. The molecule has 1 atom stereocenters. The van der Waals surface area contributed by atoms with Crippen molar-refractivity contribution >= 4 is 35.2 Å². The Kier molecular flexibility index (Phi) is 4.64. The van der Waals surface area contributed by atoms with Crippen LogP contribution in [0.25, 0.3) is 0 Å². The quantitative estimate of drug-likeness (QED) is 0.841. The molecule has 2 N–H and O–H groups in total. The number of hydrogen-bond donors (Lipinski definition) is 2. The van der Waals surface area contributed by atoms with Crippen molar-refractivity contribution in [2.45, 2.75) is 24.1 Å². The number of hydrogen-bond acceptors (Lipinski definition) is 4. The molecule has 2 aromatic rings. The highest BCUT2D eigenvalue weighted by Crippen LogP contribution is 2.42. The molecule has 2 aliphatic heterocycles. The molecular formula is C17H18FN3O2S2. The molecule has 1 unspecified atom stereocenters. The van der Waals surface area contributed by atoms with E-state index in [4.69, 9.17) is 0 Å². The minimum atomic E-state index is -0.502. The standard InChI is InChI=1S/C17H18FN3O2S2/c18-12-4-2-1-3-11(12)15-14-16(19-13(22)9-25-15)21(20-17(14)23)10-5-7-24-8-6-10/h1-4,10,15H,5-9H2,(H,19,22)(H,20,23). The number of halogens is 1. The third kappa shape index (κ3) is 3.13. The summed E-state index contributed by atoms with van der Waals surface area (Å²) in [5, 5.41) is 5.26. The molecule has 1 saturated heterocycles. The fourth-order valence-electron chi connectivity index (χ4n) is 3.39. The summed E-state index contributed by atoms with van der Waals surface area (Å²) >= 11 is 3.18. The van der Waals surface area contributed by atoms with E-state index in [1.165, 1.54) is 17.8 Å². The molecule has 0 aliphatic carbocycles. The third-order valence-electron chi connectivity index (χ3n) is 4.61. The molecule has 4 rings (SSSR count). The van der Waals surface area contributed by atoms with Gasteiger partial charge in [0.05, 0.1) is 22.6 Å². The van der Waals surface area contributed by atoms with Crippen LogP contribution in [0, 0.1) is 5.82 Å². The molecule has 2 aliphatic rings. The molecule has 25 heavy (non-hydrogen) atoms. The number of carbonyl (C=O) groups excluding carboxylic acids is 1. The zero-order chi connectivity index (χ0) is 17.4. The summed E-state index contributed by atoms with van der Waals surface area (Å²) in [6.45, 7) is 0. The first-order valence-electron chi connectivity index (χ1n) is 8.23. The molecule has 0 bridgehead atoms. The van der Waals surface area contributed by atoms with Gasteiger partial charge >= 0.3 is 0 Å². The zero-order valence-corrected chi connectivity index (χ0v) is 15.1. The third-order valence-corrected chi connectivity index (χ3v) is 6.91. The van der Waals surface area contributed by atoms with Crippen LogP contribution in [0.3, 0.4) is 0 Å². The van der Waals surface area contributed by atoms with Crippen LogP contribution in [0.1, 0.15) is 35.3 Å². The molecule has 1 amide bonds. The maximum absolute atomic E-state index is 14.4. The van der Waals surface area contributed by atoms with Crippen LogP contribution in [0.2, 0.25) is 0 Å². The number of benzene rings is 1. The number of aromatic amines is 1. The Hall–Kier alpha value is -1.67. The normalized spacial score (nSPS) is 21.5. The first-order chi connectivity index (χ1) is 12.1. The number of thioether (sulfide) groups is 2. The van der Waals surface area contributed by atoms with Gasteiger partial charge in [-0.1, -0.05) is 18.2 Å². The molecule has 0 saturated carbocycles. The number of fused-ring (bicyclic) bond motifs is 1. The summed E-state index contributed by atoms with van der Waals surface area (Å²) in [5.74, 6) is 2.22. The van der Waals surface area contributed by atoms with Gasteiger partial charge in [0.1, 0.15) is 11.6 Å². The average molecular weight is 379 g/mol. The molecule has 3 heterocycles. The van der Waals surface area contributed by atoms with Crippen molar-refractivity contribution in [2.75, 3.05) is 22.6 Å². The topological polar surface area (TPSA) is 66.9 Å². The number of amides is 1. The summed E-state index contributed by atoms with van der Waals surface area (Å²) in [6.07, 6.45) is 1.88. The Labute approximate surface area is 152 Å². The van der Waals surface area contributed by atoms with Gasteiger partial charge in [-0.3, -0.25) is 19.4 Å². The number of nitrogens with zero attached hydrogens (tertiary/aromatic N) is 1. The first kappa shape index (κ1) is 16.8. The van der Waals surface area contributed by atoms with Crippen molar-refractivity contribution < 1.29 is 9.18 Å². The molecule has 1 aromatic carbocycles. The fraction of sp³-hybridized carbons (Fsp3) is 0.412. The van der Waals surface area contributed by atoms with E-state index in [2.05, 4.69) is 10.4 Å². The minimum Gasteiger partial charge on any atom is -0.310 e. The van der Waals surface area contributed by atoms with Gasteiger partial charge < -0.3 is 5.32 Å². The van der Waals surface area contributed by atoms with E-state index in [0.717, 1.165) is 24.3 Å². The van der Waals surface area contributed by atoms with Gasteiger partial charge in [0.25, 0.3) is 5.56 Å². The lowest BCUT2D eigenvalue weighted by atomic mass is 10.1. The molecule has 1 aromatic heterocycles. The molecule has 0 radical (unpaired) electrons. The lowest BCUT2D eigenvalue weighted by Gasteiger charge is -2.24. The van der Waals surface area contributed by atoms with Crippen molar-refractivity contribution in [3.63, 3.8) is 0 Å². The summed E-state index contributed by atoms with van der Waals surface area (Å²) in [7, 11) is 0. The van der Waals surface area contributed by atoms with Gasteiger partial charge in [0.2, 0.25) is 5.91 Å². The smallest absolute Gasteiger partial charge is 0.270 e. The van der Waals surface area contributed by atoms with Crippen LogP contribution < -0.4 is 10.9 Å². The Balaban J connectivity index is 1.84. The highest BCUT2D eigenvalue weighted by atomic mass is 32.2. The minimum absolute atomic E-state index is 0.155. The van der Waals surface area contributed by atoms with E-state index in [9.17, 15) is 14.0 Å². The summed E-state index contributed by atoms with van der Waals surface area (Å²) < 4.78 is 16.2. The lowest BCUT2D eigenvalue weighted by Crippen LogP contribution is -2.22. The fourth-order valence-corrected chi connectivity index (χ4v) is 5.62. The number of aromatic nitrogens is 2. The number of nitrogens with one attached hydrogen (secondary N) is 2. The van der Waals surface area contributed by atoms with E-state index < -0.39 is 5.25 Å². The second kappa shape index (κ2) is 6.92. The van der Waals surface area contributed by atoms with Crippen LogP contribution in [0.4, 0.5) is 10.2 Å². The predicted octanol–water partition coefficient (Wildman–Crippen LogP) is 3.16. The predicted molar refractivity (Wildman–Crippen MR) is 100.0 cm³/mol. The van der Waals surface area contributed by atoms with Crippen molar-refractivity contribution in [3.05, 3.63) is 51.6 Å². The largest absolute Gasteiger partial charge is 0.310 e. The first-order valence-corrected chi connectivity index (χ1v) is 10.4. The van der Waals surface area contributed by atoms with Gasteiger partial charge in [-0.2, -0.15) is 11.8 Å². The Morgan fingerprint density at radius 3 is 2.68 bits per heavy atom. The maximum Gasteiger partial charge on any atom is 0.270 e. The summed E-state index contributed by atoms with van der Waals surface area (Å²) in [4.78, 5) is 24.9. The lowest BCUT2D eigenvalue weighted by molar-refractivity contribution is -0.113. The van der Waals surface area contributed by atoms with Crippen LogP contribution in [0.5, 0.6) is 0 Å². The van der Waals surface area contributed by atoms with E-state index in [1.54, 1.807) is 22.9 Å². The van der Waals surface area contributed by atoms with E-state index in [1.807, 2.05) is 11.8 Å². The number of carbonyl (C=O) groups is 1. The molecule has 1 fully saturated rings. The number of H-pyrrole nitrogens is 1. The van der Waals surface area contributed by atoms with Crippen molar-refractivity contribution in [3.8, 4) is 0 Å². The molecule has 8 heteroatoms. The summed E-state index contributed by atoms with van der Waals surface area (Å²) in [6, 6.07) is 6.60. The van der Waals surface area contributed by atoms with Gasteiger partial charge in [-0.25, -0.2) is 4.39 Å². The van der Waals surface area contributed by atoms with E-state index in [0.29, 0.717) is 16.9 Å². The maximum atomic E-state index is 14.4. The summed E-state index contributed by atoms with van der Waals surface area (Å²) in [5.41, 5.74) is 0.628. The van der Waals surface area contributed by atoms with Crippen LogP contribution >= 0.6 is 23.5 Å². The highest BCUT2D eigenvalue weighted by molar-refractivity contribution is 8.00.